The number of nitrogens with zero attached hydrogens (tertiary/aromatic N) is 4. The first-order chi connectivity index (χ1) is 11.6. The first kappa shape index (κ1) is 18.0. The van der Waals surface area contributed by atoms with Crippen molar-refractivity contribution in [3.8, 4) is 0 Å². The van der Waals surface area contributed by atoms with Gasteiger partial charge < -0.3 is 15.8 Å². The largest absolute Gasteiger partial charge is 0.465 e. The minimum Gasteiger partial charge on any atom is -0.465 e. The summed E-state index contributed by atoms with van der Waals surface area (Å²) in [6, 6.07) is 5.92. The van der Waals surface area contributed by atoms with Gasteiger partial charge in [-0.25, -0.2) is 4.68 Å². The highest BCUT2D eigenvalue weighted by atomic mass is 16.5. The van der Waals surface area contributed by atoms with Crippen molar-refractivity contribution in [3.63, 3.8) is 0 Å². The van der Waals surface area contributed by atoms with Gasteiger partial charge in [0.05, 0.1) is 12.6 Å². The van der Waals surface area contributed by atoms with Crippen LogP contribution in [0.5, 0.6) is 0 Å². The highest BCUT2D eigenvalue weighted by Gasteiger charge is 2.22. The summed E-state index contributed by atoms with van der Waals surface area (Å²) in [6.07, 6.45) is 0. The third-order valence-electron chi connectivity index (χ3n) is 3.76. The zero-order valence-corrected chi connectivity index (χ0v) is 14.3. The minimum atomic E-state index is -0.372. The summed E-state index contributed by atoms with van der Waals surface area (Å²) in [5.41, 5.74) is 9.03. The number of benzene rings is 1. The lowest BCUT2D eigenvalue weighted by atomic mass is 10.0. The predicted molar refractivity (Wildman–Crippen MR) is 89.3 cm³/mol. The molecule has 0 bridgehead atoms. The molecule has 1 aromatic carbocycles. The number of carbonyl (C=O) groups excluding carboxylic acids is 1. The zero-order chi connectivity index (χ0) is 17.5. The highest BCUT2D eigenvalue weighted by Crippen LogP contribution is 2.22. The summed E-state index contributed by atoms with van der Waals surface area (Å²) in [5.74, 6) is 0.184. The van der Waals surface area contributed by atoms with Gasteiger partial charge in [0.15, 0.2) is 5.82 Å². The number of rotatable bonds is 8. The number of aryl methyl sites for hydroxylation is 2. The molecule has 1 atom stereocenters. The van der Waals surface area contributed by atoms with Crippen LogP contribution in [0.3, 0.4) is 0 Å². The van der Waals surface area contributed by atoms with Gasteiger partial charge in [-0.05, 0) is 47.9 Å². The second-order valence-electron chi connectivity index (χ2n) is 5.52. The van der Waals surface area contributed by atoms with Crippen molar-refractivity contribution in [2.45, 2.75) is 33.4 Å². The van der Waals surface area contributed by atoms with Crippen LogP contribution in [0.15, 0.2) is 18.2 Å². The minimum absolute atomic E-state index is 0.0260. The van der Waals surface area contributed by atoms with E-state index in [9.17, 15) is 4.79 Å². The number of nitrogens with two attached hydrogens (primary N) is 1. The Bertz CT molecular complexity index is 685. The summed E-state index contributed by atoms with van der Waals surface area (Å²) in [6.45, 7) is 7.26. The number of hydrogen-bond acceptors (Lipinski definition) is 7. The molecule has 1 aromatic heterocycles. The summed E-state index contributed by atoms with van der Waals surface area (Å²) in [5, 5.41) is 15.1. The van der Waals surface area contributed by atoms with E-state index in [1.807, 2.05) is 6.07 Å². The van der Waals surface area contributed by atoms with E-state index in [2.05, 4.69) is 46.8 Å². The quantitative estimate of drug-likeness (QED) is 0.677. The van der Waals surface area contributed by atoms with Crippen molar-refractivity contribution >= 4 is 5.97 Å². The Balaban J connectivity index is 2.33. The first-order valence-corrected chi connectivity index (χ1v) is 7.99. The normalized spacial score (nSPS) is 12.2. The number of tetrazole rings is 1. The van der Waals surface area contributed by atoms with Crippen LogP contribution in [-0.2, 0) is 16.1 Å². The topological polar surface area (TPSA) is 108 Å². The molecule has 1 heterocycles. The molecule has 130 valence electrons. The van der Waals surface area contributed by atoms with Gasteiger partial charge in [-0.15, -0.1) is 5.10 Å². The number of carbonyl (C=O) groups is 1. The molecule has 0 fully saturated rings. The molecular formula is C16H24N6O2. The van der Waals surface area contributed by atoms with Gasteiger partial charge in [-0.3, -0.25) is 4.79 Å². The smallest absolute Gasteiger partial charge is 0.327 e. The van der Waals surface area contributed by atoms with Gasteiger partial charge >= 0.3 is 5.97 Å². The van der Waals surface area contributed by atoms with Crippen LogP contribution >= 0.6 is 0 Å². The molecular weight excluding hydrogens is 308 g/mol. The van der Waals surface area contributed by atoms with Gasteiger partial charge in [0.2, 0.25) is 0 Å². The number of aromatic nitrogens is 4. The van der Waals surface area contributed by atoms with Crippen LogP contribution in [-0.4, -0.2) is 45.9 Å². The van der Waals surface area contributed by atoms with Gasteiger partial charge in [-0.1, -0.05) is 18.2 Å². The first-order valence-electron chi connectivity index (χ1n) is 7.99. The van der Waals surface area contributed by atoms with Gasteiger partial charge in [0, 0.05) is 13.1 Å². The summed E-state index contributed by atoms with van der Waals surface area (Å²) < 4.78 is 6.44. The summed E-state index contributed by atoms with van der Waals surface area (Å²) in [4.78, 5) is 11.8. The fraction of sp³-hybridized carbons (Fsp3) is 0.500. The van der Waals surface area contributed by atoms with Crippen molar-refractivity contribution in [1.29, 1.82) is 0 Å². The van der Waals surface area contributed by atoms with Crippen LogP contribution in [0.1, 0.15) is 35.5 Å². The number of hydrogen-bond donors (Lipinski definition) is 2. The Kier molecular flexibility index (Phi) is 6.39. The van der Waals surface area contributed by atoms with Gasteiger partial charge in [0.25, 0.3) is 0 Å². The van der Waals surface area contributed by atoms with E-state index in [4.69, 9.17) is 10.5 Å². The fourth-order valence-corrected chi connectivity index (χ4v) is 2.39. The van der Waals surface area contributed by atoms with Crippen LogP contribution in [0, 0.1) is 13.8 Å². The van der Waals surface area contributed by atoms with Gasteiger partial charge in [-0.2, -0.15) is 0 Å². The molecule has 0 saturated carbocycles. The Morgan fingerprint density at radius 3 is 2.83 bits per heavy atom. The molecule has 0 amide bonds. The van der Waals surface area contributed by atoms with E-state index in [0.717, 1.165) is 5.56 Å². The van der Waals surface area contributed by atoms with Crippen molar-refractivity contribution in [2.75, 3.05) is 19.7 Å². The van der Waals surface area contributed by atoms with Gasteiger partial charge in [0.1, 0.15) is 6.54 Å². The number of nitrogens with one attached hydrogen (secondary N) is 1. The van der Waals surface area contributed by atoms with E-state index in [1.165, 1.54) is 15.8 Å². The molecule has 8 nitrogen and oxygen atoms in total. The lowest BCUT2D eigenvalue weighted by Gasteiger charge is -2.19. The van der Waals surface area contributed by atoms with E-state index >= 15 is 0 Å². The molecule has 3 N–H and O–H groups in total. The summed E-state index contributed by atoms with van der Waals surface area (Å²) >= 11 is 0. The Morgan fingerprint density at radius 1 is 1.38 bits per heavy atom. The third kappa shape index (κ3) is 4.36. The van der Waals surface area contributed by atoms with Crippen LogP contribution in [0.2, 0.25) is 0 Å². The monoisotopic (exact) mass is 332 g/mol. The average Bonchev–Trinajstić information content (AvgIpc) is 2.99. The number of esters is 1. The number of ether oxygens (including phenoxy) is 1. The average molecular weight is 332 g/mol. The Morgan fingerprint density at radius 2 is 2.17 bits per heavy atom. The van der Waals surface area contributed by atoms with Crippen molar-refractivity contribution in [3.05, 3.63) is 40.7 Å². The lowest BCUT2D eigenvalue weighted by Crippen LogP contribution is -2.31. The molecule has 1 unspecified atom stereocenters. The molecule has 0 radical (unpaired) electrons. The predicted octanol–water partition coefficient (Wildman–Crippen LogP) is 0.491. The molecule has 0 aliphatic carbocycles. The summed E-state index contributed by atoms with van der Waals surface area (Å²) in [7, 11) is 0. The van der Waals surface area contributed by atoms with Crippen LogP contribution in [0.25, 0.3) is 0 Å². The molecule has 0 aliphatic rings. The SMILES string of the molecule is CCOC(=O)Cn1nnnc1C(NCCN)c1ccc(C)c(C)c1. The van der Waals surface area contributed by atoms with Crippen molar-refractivity contribution < 1.29 is 9.53 Å². The van der Waals surface area contributed by atoms with Crippen LogP contribution < -0.4 is 11.1 Å². The third-order valence-corrected chi connectivity index (χ3v) is 3.76. The maximum Gasteiger partial charge on any atom is 0.327 e. The molecule has 0 aliphatic heterocycles. The Hall–Kier alpha value is -2.32. The maximum atomic E-state index is 11.8. The Labute approximate surface area is 141 Å². The van der Waals surface area contributed by atoms with E-state index in [1.54, 1.807) is 6.92 Å². The molecule has 2 rings (SSSR count). The molecule has 24 heavy (non-hydrogen) atoms. The molecule has 0 saturated heterocycles. The lowest BCUT2D eigenvalue weighted by molar-refractivity contribution is -0.144. The zero-order valence-electron chi connectivity index (χ0n) is 14.3. The van der Waals surface area contributed by atoms with E-state index < -0.39 is 0 Å². The maximum absolute atomic E-state index is 11.8. The highest BCUT2D eigenvalue weighted by molar-refractivity contribution is 5.69. The van der Waals surface area contributed by atoms with E-state index in [-0.39, 0.29) is 18.6 Å². The van der Waals surface area contributed by atoms with Crippen molar-refractivity contribution in [2.24, 2.45) is 5.73 Å². The second-order valence-corrected chi connectivity index (χ2v) is 5.52. The van der Waals surface area contributed by atoms with Crippen molar-refractivity contribution in [1.82, 2.24) is 25.5 Å². The molecule has 0 spiro atoms. The fourth-order valence-electron chi connectivity index (χ4n) is 2.39. The van der Waals surface area contributed by atoms with Crippen LogP contribution in [0.4, 0.5) is 0 Å². The molecule has 8 heteroatoms. The van der Waals surface area contributed by atoms with E-state index in [0.29, 0.717) is 25.5 Å². The standard InChI is InChI=1S/C16H24N6O2/c1-4-24-14(23)10-22-16(19-20-21-22)15(18-8-7-17)13-6-5-11(2)12(3)9-13/h5-6,9,15,18H,4,7-8,10,17H2,1-3H3. The molecule has 2 aromatic rings. The second kappa shape index (κ2) is 8.51.